The van der Waals surface area contributed by atoms with Crippen molar-refractivity contribution in [3.63, 3.8) is 0 Å². The van der Waals surface area contributed by atoms with Crippen molar-refractivity contribution in [1.82, 2.24) is 10.6 Å². The second kappa shape index (κ2) is 16.4. The van der Waals surface area contributed by atoms with E-state index in [2.05, 4.69) is 176 Å². The molecule has 12 atom stereocenters. The monoisotopic (exact) mass is 868 g/mol. The first-order valence-corrected chi connectivity index (χ1v) is 25.7. The fourth-order valence-electron chi connectivity index (χ4n) is 14.5. The number of nitrogens with zero attached hydrogens (tertiary/aromatic N) is 1. The molecule has 0 saturated carbocycles. The van der Waals surface area contributed by atoms with Gasteiger partial charge in [0.25, 0.3) is 0 Å². The lowest BCUT2D eigenvalue weighted by atomic mass is 9.66. The Balaban J connectivity index is 0.819. The molecule has 0 amide bonds. The molecule has 11 aliphatic rings. The Morgan fingerprint density at radius 3 is 2.53 bits per heavy atom. The fraction of sp³-hybridized carbons (Fsp3) is 0.403. The van der Waals surface area contributed by atoms with Gasteiger partial charge in [-0.1, -0.05) is 160 Å². The zero-order valence-electron chi connectivity index (χ0n) is 38.8. The number of allylic oxidation sites excluding steroid dienone is 23. The van der Waals surface area contributed by atoms with Crippen molar-refractivity contribution in [1.29, 1.82) is 0 Å². The SMILES string of the molecule is CC1(C)c2ccccc2C2=CCC(C3NC(C4Cc5ccccc5C5C6CC(C7=C8C=CCCC8C(C8=CCCC=C8)C=C7)=CC=C6OC45)=N[C@H](C4C=CC(C5C=CC=CC5)=CC4)N3)CC21. The minimum absolute atomic E-state index is 0.0141. The molecule has 9 aliphatic carbocycles. The van der Waals surface area contributed by atoms with Crippen LogP contribution in [0.15, 0.2) is 190 Å². The van der Waals surface area contributed by atoms with E-state index < -0.39 is 0 Å². The molecule has 0 aromatic heterocycles. The zero-order valence-corrected chi connectivity index (χ0v) is 38.8. The summed E-state index contributed by atoms with van der Waals surface area (Å²) in [6, 6.07) is 18.5. The van der Waals surface area contributed by atoms with E-state index in [1.165, 1.54) is 56.7 Å². The van der Waals surface area contributed by atoms with E-state index in [1.807, 2.05) is 0 Å². The summed E-state index contributed by atoms with van der Waals surface area (Å²) < 4.78 is 7.36. The summed E-state index contributed by atoms with van der Waals surface area (Å²) in [5.41, 5.74) is 15.0. The number of aliphatic imine (C=N–C) groups is 1. The van der Waals surface area contributed by atoms with Crippen LogP contribution in [-0.2, 0) is 16.6 Å². The van der Waals surface area contributed by atoms with Crippen LogP contribution in [-0.4, -0.2) is 24.3 Å². The molecule has 1 fully saturated rings. The number of amidine groups is 1. The lowest BCUT2D eigenvalue weighted by molar-refractivity contribution is 0.106. The molecule has 334 valence electrons. The second-order valence-electron chi connectivity index (χ2n) is 21.8. The van der Waals surface area contributed by atoms with Crippen molar-refractivity contribution in [2.75, 3.05) is 0 Å². The van der Waals surface area contributed by atoms with Crippen LogP contribution in [0.2, 0.25) is 0 Å². The highest BCUT2D eigenvalue weighted by Gasteiger charge is 2.53. The Bertz CT molecular complexity index is 2750. The van der Waals surface area contributed by atoms with Crippen LogP contribution >= 0.6 is 0 Å². The number of rotatable bonds is 6. The van der Waals surface area contributed by atoms with E-state index in [0.717, 1.165) is 63.6 Å². The highest BCUT2D eigenvalue weighted by Crippen LogP contribution is 2.57. The van der Waals surface area contributed by atoms with Crippen LogP contribution in [0.4, 0.5) is 0 Å². The molecule has 2 aliphatic heterocycles. The normalized spacial score (nSPS) is 36.5. The van der Waals surface area contributed by atoms with Gasteiger partial charge in [-0.15, -0.1) is 0 Å². The average molecular weight is 868 g/mol. The van der Waals surface area contributed by atoms with Gasteiger partial charge in [0.2, 0.25) is 0 Å². The van der Waals surface area contributed by atoms with E-state index in [1.54, 1.807) is 11.1 Å². The van der Waals surface area contributed by atoms with Gasteiger partial charge in [0, 0.05) is 29.6 Å². The third-order valence-corrected chi connectivity index (χ3v) is 18.0. The van der Waals surface area contributed by atoms with Crippen LogP contribution in [0.5, 0.6) is 0 Å². The molecule has 4 heteroatoms. The molecule has 11 unspecified atom stereocenters. The van der Waals surface area contributed by atoms with Crippen molar-refractivity contribution in [2.24, 2.45) is 52.3 Å². The van der Waals surface area contributed by atoms with Crippen molar-refractivity contribution >= 4 is 11.4 Å². The Hall–Kier alpha value is -5.45. The summed E-state index contributed by atoms with van der Waals surface area (Å²) in [5.74, 6) is 5.71. The summed E-state index contributed by atoms with van der Waals surface area (Å²) in [7, 11) is 0. The van der Waals surface area contributed by atoms with Crippen LogP contribution in [0.3, 0.4) is 0 Å². The maximum atomic E-state index is 7.36. The molecule has 2 aromatic carbocycles. The van der Waals surface area contributed by atoms with Crippen LogP contribution in [0, 0.1) is 47.3 Å². The standard InChI is InChI=1S/C62H65N3O/c1-62(2)54-24-14-13-23-50(54)51-31-29-44(37-55(51)62)60-63-59(41-27-25-39(26-28-41)38-15-5-3-6-16-38)64-61(65-60)53-36-42-19-9-10-20-47(42)57-52-35-43(30-34-56(52)66-58(53)57)46-33-32-45(40-17-7-4-8-18-40)48-21-11-12-22-49(46)48/h3,5-7,9-10,12-15,17-20,22-27,30-34,38,41,44-45,48,52-53,55,57-60,63H,4,8,11,16,21,28-29,35-37H2,1-2H3,(H,64,65)/t38?,41?,44?,45?,48?,52?,53?,55?,57?,58?,59-,60?/m1/s1. The molecule has 0 radical (unpaired) electrons. The third-order valence-electron chi connectivity index (χ3n) is 18.0. The predicted octanol–water partition coefficient (Wildman–Crippen LogP) is 13.2. The molecule has 2 aromatic rings. The lowest BCUT2D eigenvalue weighted by Crippen LogP contribution is -2.62. The molecule has 1 saturated heterocycles. The van der Waals surface area contributed by atoms with Gasteiger partial charge in [0.15, 0.2) is 0 Å². The molecule has 2 heterocycles. The van der Waals surface area contributed by atoms with Crippen molar-refractivity contribution in [3.8, 4) is 0 Å². The quantitative estimate of drug-likeness (QED) is 0.304. The maximum absolute atomic E-state index is 7.36. The van der Waals surface area contributed by atoms with Crippen LogP contribution < -0.4 is 10.6 Å². The van der Waals surface area contributed by atoms with E-state index in [9.17, 15) is 0 Å². The number of hydrogen-bond donors (Lipinski definition) is 2. The first-order valence-electron chi connectivity index (χ1n) is 25.7. The summed E-state index contributed by atoms with van der Waals surface area (Å²) >= 11 is 0. The Labute approximate surface area is 393 Å². The van der Waals surface area contributed by atoms with E-state index in [0.29, 0.717) is 35.5 Å². The number of fused-ring (bicyclic) bond motifs is 9. The predicted molar refractivity (Wildman–Crippen MR) is 270 cm³/mol. The van der Waals surface area contributed by atoms with Gasteiger partial charge < -0.3 is 10.1 Å². The Kier molecular flexibility index (Phi) is 10.1. The van der Waals surface area contributed by atoms with Crippen molar-refractivity contribution in [2.45, 2.75) is 108 Å². The average Bonchev–Trinajstić information content (AvgIpc) is 3.88. The van der Waals surface area contributed by atoms with Gasteiger partial charge in [-0.25, -0.2) is 0 Å². The summed E-state index contributed by atoms with van der Waals surface area (Å²) in [6.07, 6.45) is 52.0. The Morgan fingerprint density at radius 2 is 1.65 bits per heavy atom. The zero-order chi connectivity index (χ0) is 43.9. The van der Waals surface area contributed by atoms with Crippen molar-refractivity contribution in [3.05, 3.63) is 208 Å². The van der Waals surface area contributed by atoms with Gasteiger partial charge in [-0.2, -0.15) is 0 Å². The highest BCUT2D eigenvalue weighted by molar-refractivity contribution is 5.87. The minimum Gasteiger partial charge on any atom is -0.493 e. The van der Waals surface area contributed by atoms with Gasteiger partial charge in [-0.05, 0) is 149 Å². The summed E-state index contributed by atoms with van der Waals surface area (Å²) in [6.45, 7) is 4.96. The lowest BCUT2D eigenvalue weighted by Gasteiger charge is -2.45. The van der Waals surface area contributed by atoms with Gasteiger partial charge in [0.1, 0.15) is 23.9 Å². The van der Waals surface area contributed by atoms with Crippen LogP contribution in [0.25, 0.3) is 5.57 Å². The van der Waals surface area contributed by atoms with Gasteiger partial charge in [-0.3, -0.25) is 10.3 Å². The van der Waals surface area contributed by atoms with E-state index in [-0.39, 0.29) is 41.6 Å². The van der Waals surface area contributed by atoms with Gasteiger partial charge >= 0.3 is 0 Å². The molecule has 0 bridgehead atoms. The smallest absolute Gasteiger partial charge is 0.116 e. The molecule has 4 nitrogen and oxygen atoms in total. The number of ether oxygens (including phenoxy) is 1. The summed E-state index contributed by atoms with van der Waals surface area (Å²) in [4.78, 5) is 5.80. The molecule has 2 N–H and O–H groups in total. The molecule has 13 rings (SSSR count). The van der Waals surface area contributed by atoms with E-state index in [4.69, 9.17) is 9.73 Å². The maximum Gasteiger partial charge on any atom is 0.116 e. The topological polar surface area (TPSA) is 45.6 Å². The molecular weight excluding hydrogens is 803 g/mol. The minimum atomic E-state index is -0.0141. The third kappa shape index (κ3) is 6.83. The number of benzene rings is 2. The summed E-state index contributed by atoms with van der Waals surface area (Å²) in [5, 5.41) is 8.39. The largest absolute Gasteiger partial charge is 0.493 e. The highest BCUT2D eigenvalue weighted by atomic mass is 16.5. The first-order chi connectivity index (χ1) is 32.5. The molecule has 66 heavy (non-hydrogen) atoms. The second-order valence-corrected chi connectivity index (χ2v) is 21.8. The van der Waals surface area contributed by atoms with Crippen molar-refractivity contribution < 1.29 is 4.74 Å². The van der Waals surface area contributed by atoms with E-state index >= 15 is 0 Å². The number of hydrogen-bond acceptors (Lipinski definition) is 4. The van der Waals surface area contributed by atoms with Crippen LogP contribution in [0.1, 0.15) is 99.8 Å². The molecule has 0 spiro atoms. The Morgan fingerprint density at radius 1 is 0.742 bits per heavy atom. The fourth-order valence-corrected chi connectivity index (χ4v) is 14.5. The first kappa shape index (κ1) is 40.8. The molecular formula is C62H65N3O. The number of nitrogens with one attached hydrogen (secondary N) is 2. The van der Waals surface area contributed by atoms with Gasteiger partial charge in [0.05, 0.1) is 12.1 Å².